The number of aliphatic carboxylic acids is 1. The van der Waals surface area contributed by atoms with Gasteiger partial charge in [0.25, 0.3) is 5.22 Å². The van der Waals surface area contributed by atoms with Gasteiger partial charge in [0.2, 0.25) is 5.91 Å². The number of hydrogen-bond acceptors (Lipinski definition) is 5. The van der Waals surface area contributed by atoms with Crippen LogP contribution in [0.15, 0.2) is 33.9 Å². The van der Waals surface area contributed by atoms with Crippen LogP contribution in [0.5, 0.6) is 0 Å². The number of nitrogens with zero attached hydrogens (tertiary/aromatic N) is 2. The highest BCUT2D eigenvalue weighted by Gasteiger charge is 2.17. The molecule has 6 nitrogen and oxygen atoms in total. The highest BCUT2D eigenvalue weighted by atomic mass is 32.2. The lowest BCUT2D eigenvalue weighted by atomic mass is 10.3. The Morgan fingerprint density at radius 1 is 1.38 bits per heavy atom. The van der Waals surface area contributed by atoms with Crippen LogP contribution in [0, 0.1) is 0 Å². The summed E-state index contributed by atoms with van der Waals surface area (Å²) < 4.78 is 5.50. The Bertz CT molecular complexity index is 608. The number of rotatable bonds is 7. The molecule has 1 amide bonds. The van der Waals surface area contributed by atoms with Gasteiger partial charge in [0.15, 0.2) is 5.58 Å². The molecular weight excluding hydrogens is 292 g/mol. The number of carbonyl (C=O) groups excluding carboxylic acids is 1. The molecule has 0 fully saturated rings. The van der Waals surface area contributed by atoms with Crippen molar-refractivity contribution in [2.45, 2.75) is 18.6 Å². The molecule has 1 heterocycles. The van der Waals surface area contributed by atoms with Crippen molar-refractivity contribution in [3.63, 3.8) is 0 Å². The molecule has 0 saturated heterocycles. The molecule has 7 heteroatoms. The van der Waals surface area contributed by atoms with Crippen LogP contribution in [0.1, 0.15) is 13.3 Å². The summed E-state index contributed by atoms with van der Waals surface area (Å²) in [6.45, 7) is 2.05. The molecule has 0 radical (unpaired) electrons. The number of amides is 1. The fraction of sp³-hybridized carbons (Fsp3) is 0.357. The van der Waals surface area contributed by atoms with Gasteiger partial charge < -0.3 is 14.4 Å². The van der Waals surface area contributed by atoms with Crippen molar-refractivity contribution < 1.29 is 19.1 Å². The van der Waals surface area contributed by atoms with Crippen LogP contribution < -0.4 is 0 Å². The topological polar surface area (TPSA) is 83.6 Å². The van der Waals surface area contributed by atoms with E-state index in [9.17, 15) is 9.59 Å². The highest BCUT2D eigenvalue weighted by molar-refractivity contribution is 7.99. The second-order valence-corrected chi connectivity index (χ2v) is 5.37. The van der Waals surface area contributed by atoms with Crippen molar-refractivity contribution in [3.05, 3.63) is 24.3 Å². The summed E-state index contributed by atoms with van der Waals surface area (Å²) in [5, 5.41) is 9.22. The van der Waals surface area contributed by atoms with Gasteiger partial charge in [-0.1, -0.05) is 30.8 Å². The van der Waals surface area contributed by atoms with Crippen LogP contribution in [0.2, 0.25) is 0 Å². The number of carbonyl (C=O) groups is 2. The van der Waals surface area contributed by atoms with E-state index in [0.717, 1.165) is 5.52 Å². The largest absolute Gasteiger partial charge is 0.480 e. The molecule has 0 atom stereocenters. The Labute approximate surface area is 126 Å². The van der Waals surface area contributed by atoms with Crippen molar-refractivity contribution in [1.82, 2.24) is 9.88 Å². The zero-order chi connectivity index (χ0) is 15.2. The molecular formula is C14H16N2O4S. The first-order valence-corrected chi connectivity index (χ1v) is 7.56. The summed E-state index contributed by atoms with van der Waals surface area (Å²) in [6.07, 6.45) is 0.715. The van der Waals surface area contributed by atoms with E-state index in [1.165, 1.54) is 16.7 Å². The minimum atomic E-state index is -1.01. The van der Waals surface area contributed by atoms with Gasteiger partial charge in [-0.05, 0) is 18.6 Å². The molecule has 1 N–H and O–H groups in total. The lowest BCUT2D eigenvalue weighted by molar-refractivity contribution is -0.143. The molecule has 21 heavy (non-hydrogen) atoms. The van der Waals surface area contributed by atoms with Crippen LogP contribution in [-0.2, 0) is 9.59 Å². The van der Waals surface area contributed by atoms with E-state index in [-0.39, 0.29) is 18.2 Å². The maximum Gasteiger partial charge on any atom is 0.323 e. The Kier molecular flexibility index (Phi) is 5.21. The van der Waals surface area contributed by atoms with E-state index < -0.39 is 5.97 Å². The first kappa shape index (κ1) is 15.4. The molecule has 0 aliphatic carbocycles. The molecule has 2 rings (SSSR count). The molecule has 0 unspecified atom stereocenters. The predicted molar refractivity (Wildman–Crippen MR) is 79.2 cm³/mol. The van der Waals surface area contributed by atoms with Crippen molar-refractivity contribution in [3.8, 4) is 0 Å². The monoisotopic (exact) mass is 308 g/mol. The van der Waals surface area contributed by atoms with Gasteiger partial charge in [-0.25, -0.2) is 4.98 Å². The van der Waals surface area contributed by atoms with Crippen LogP contribution in [0.3, 0.4) is 0 Å². The van der Waals surface area contributed by atoms with Gasteiger partial charge in [0, 0.05) is 6.54 Å². The zero-order valence-corrected chi connectivity index (χ0v) is 12.4. The Morgan fingerprint density at radius 2 is 2.14 bits per heavy atom. The molecule has 0 aliphatic heterocycles. The van der Waals surface area contributed by atoms with Crippen molar-refractivity contribution in [2.24, 2.45) is 0 Å². The summed E-state index contributed by atoms with van der Waals surface area (Å²) in [4.78, 5) is 28.4. The van der Waals surface area contributed by atoms with Gasteiger partial charge in [-0.15, -0.1) is 0 Å². The predicted octanol–water partition coefficient (Wildman–Crippen LogP) is 2.24. The molecule has 112 valence electrons. The fourth-order valence-corrected chi connectivity index (χ4v) is 2.59. The second kappa shape index (κ2) is 7.12. The standard InChI is InChI=1S/C14H16N2O4S/c1-2-7-16(8-13(18)19)12(17)9-21-14-15-10-5-3-4-6-11(10)20-14/h3-6H,2,7-9H2,1H3,(H,18,19). The quantitative estimate of drug-likeness (QED) is 0.790. The van der Waals surface area contributed by atoms with Gasteiger partial charge in [-0.2, -0.15) is 0 Å². The van der Waals surface area contributed by atoms with E-state index in [0.29, 0.717) is 23.8 Å². The number of oxazole rings is 1. The molecule has 2 aromatic rings. The Hall–Kier alpha value is -2.02. The first-order chi connectivity index (χ1) is 10.1. The lowest BCUT2D eigenvalue weighted by Gasteiger charge is -2.19. The second-order valence-electron chi connectivity index (χ2n) is 4.45. The third kappa shape index (κ3) is 4.22. The van der Waals surface area contributed by atoms with E-state index in [1.54, 1.807) is 0 Å². The molecule has 0 bridgehead atoms. The van der Waals surface area contributed by atoms with E-state index >= 15 is 0 Å². The van der Waals surface area contributed by atoms with Gasteiger partial charge >= 0.3 is 5.97 Å². The van der Waals surface area contributed by atoms with Gasteiger partial charge in [0.05, 0.1) is 5.75 Å². The smallest absolute Gasteiger partial charge is 0.323 e. The summed E-state index contributed by atoms with van der Waals surface area (Å²) in [5.74, 6) is -1.13. The number of carboxylic acid groups (broad SMARTS) is 1. The third-order valence-electron chi connectivity index (χ3n) is 2.77. The van der Waals surface area contributed by atoms with Crippen molar-refractivity contribution in [2.75, 3.05) is 18.8 Å². The Balaban J connectivity index is 1.96. The number of thioether (sulfide) groups is 1. The minimum Gasteiger partial charge on any atom is -0.480 e. The summed E-state index contributed by atoms with van der Waals surface area (Å²) >= 11 is 1.17. The van der Waals surface area contributed by atoms with Gasteiger partial charge in [0.1, 0.15) is 12.1 Å². The molecule has 1 aromatic carbocycles. The first-order valence-electron chi connectivity index (χ1n) is 6.58. The van der Waals surface area contributed by atoms with E-state index in [4.69, 9.17) is 9.52 Å². The lowest BCUT2D eigenvalue weighted by Crippen LogP contribution is -2.37. The summed E-state index contributed by atoms with van der Waals surface area (Å²) in [7, 11) is 0. The maximum atomic E-state index is 12.0. The SMILES string of the molecule is CCCN(CC(=O)O)C(=O)CSc1nc2ccccc2o1. The number of para-hydroxylation sites is 2. The fourth-order valence-electron chi connectivity index (χ4n) is 1.85. The van der Waals surface area contributed by atoms with E-state index in [1.807, 2.05) is 31.2 Å². The van der Waals surface area contributed by atoms with Crippen LogP contribution in [-0.4, -0.2) is 45.7 Å². The number of benzene rings is 1. The maximum absolute atomic E-state index is 12.0. The highest BCUT2D eigenvalue weighted by Crippen LogP contribution is 2.23. The molecule has 0 aliphatic rings. The molecule has 0 saturated carbocycles. The average molecular weight is 308 g/mol. The number of fused-ring (bicyclic) bond motifs is 1. The average Bonchev–Trinajstić information content (AvgIpc) is 2.86. The summed E-state index contributed by atoms with van der Waals surface area (Å²) in [5.41, 5.74) is 1.41. The van der Waals surface area contributed by atoms with Gasteiger partial charge in [-0.3, -0.25) is 9.59 Å². The summed E-state index contributed by atoms with van der Waals surface area (Å²) in [6, 6.07) is 7.35. The Morgan fingerprint density at radius 3 is 2.81 bits per heavy atom. The van der Waals surface area contributed by atoms with Crippen LogP contribution in [0.25, 0.3) is 11.1 Å². The zero-order valence-electron chi connectivity index (χ0n) is 11.6. The van der Waals surface area contributed by atoms with Crippen molar-refractivity contribution in [1.29, 1.82) is 0 Å². The molecule has 1 aromatic heterocycles. The van der Waals surface area contributed by atoms with Crippen LogP contribution in [0.4, 0.5) is 0 Å². The van der Waals surface area contributed by atoms with Crippen LogP contribution >= 0.6 is 11.8 Å². The normalized spacial score (nSPS) is 10.7. The number of carboxylic acids is 1. The van der Waals surface area contributed by atoms with Crippen molar-refractivity contribution >= 4 is 34.7 Å². The molecule has 0 spiro atoms. The van der Waals surface area contributed by atoms with E-state index in [2.05, 4.69) is 4.98 Å². The minimum absolute atomic E-state index is 0.111. The third-order valence-corrected chi connectivity index (χ3v) is 3.58. The number of aromatic nitrogens is 1. The number of hydrogen-bond donors (Lipinski definition) is 1.